The number of benzene rings is 3. The number of hydrogen-bond donors (Lipinski definition) is 1. The molecule has 6 nitrogen and oxygen atoms in total. The van der Waals surface area contributed by atoms with Crippen molar-refractivity contribution in [1.82, 2.24) is 4.98 Å². The zero-order valence-electron chi connectivity index (χ0n) is 19.9. The van der Waals surface area contributed by atoms with Crippen molar-refractivity contribution in [3.63, 3.8) is 0 Å². The highest BCUT2D eigenvalue weighted by Crippen LogP contribution is 2.45. The summed E-state index contributed by atoms with van der Waals surface area (Å²) in [5.74, 6) is -1.10. The molecule has 1 atom stereocenters. The highest BCUT2D eigenvalue weighted by Gasteiger charge is 2.48. The van der Waals surface area contributed by atoms with Crippen LogP contribution >= 0.6 is 22.9 Å². The van der Waals surface area contributed by atoms with Crippen molar-refractivity contribution < 1.29 is 19.4 Å². The molecule has 8 heteroatoms. The summed E-state index contributed by atoms with van der Waals surface area (Å²) in [7, 11) is 0. The number of fused-ring (bicyclic) bond motifs is 1. The Morgan fingerprint density at radius 3 is 2.44 bits per heavy atom. The fourth-order valence-electron chi connectivity index (χ4n) is 4.48. The average molecular weight is 519 g/mol. The monoisotopic (exact) mass is 518 g/mol. The number of Topliss-reactive ketones (excluding diaryl/α,β-unsaturated/α-hetero) is 1. The zero-order chi connectivity index (χ0) is 25.6. The number of nitrogens with zero attached hydrogens (tertiary/aromatic N) is 2. The molecule has 1 aromatic heterocycles. The largest absolute Gasteiger partial charge is 0.507 e. The lowest BCUT2D eigenvalue weighted by molar-refractivity contribution is -0.132. The highest BCUT2D eigenvalue weighted by atomic mass is 35.5. The molecule has 1 N–H and O–H groups in total. The second kappa shape index (κ2) is 9.41. The molecule has 1 fully saturated rings. The lowest BCUT2D eigenvalue weighted by Crippen LogP contribution is -2.29. The standard InChI is InChI=1S/C28H23ClN2O4S/c1-4-35-20-11-7-17(8-12-20)24-22(25(32)18-5-9-19(29)10-6-18)26(33)27(34)31(24)28-30-23-16(3)13-15(2)14-21(23)36-28/h5-14,24,32H,4H2,1-3H3/b25-22+/t24-/m0/s1. The van der Waals surface area contributed by atoms with Gasteiger partial charge in [0.1, 0.15) is 11.5 Å². The van der Waals surface area contributed by atoms with Crippen molar-refractivity contribution in [2.75, 3.05) is 11.5 Å². The van der Waals surface area contributed by atoms with E-state index in [1.807, 2.05) is 32.9 Å². The quantitative estimate of drug-likeness (QED) is 0.183. The number of carbonyl (C=O) groups is 2. The summed E-state index contributed by atoms with van der Waals surface area (Å²) >= 11 is 7.36. The number of amides is 1. The minimum atomic E-state index is -0.863. The Morgan fingerprint density at radius 2 is 1.78 bits per heavy atom. The van der Waals surface area contributed by atoms with Gasteiger partial charge < -0.3 is 9.84 Å². The van der Waals surface area contributed by atoms with Gasteiger partial charge in [-0.15, -0.1) is 0 Å². The Balaban J connectivity index is 1.71. The van der Waals surface area contributed by atoms with E-state index in [2.05, 4.69) is 0 Å². The number of aryl methyl sites for hydroxylation is 2. The molecule has 1 aliphatic heterocycles. The smallest absolute Gasteiger partial charge is 0.301 e. The van der Waals surface area contributed by atoms with E-state index in [1.165, 1.54) is 16.2 Å². The number of rotatable bonds is 5. The van der Waals surface area contributed by atoms with Crippen LogP contribution in [0.4, 0.5) is 5.13 Å². The molecular formula is C28H23ClN2O4S. The number of aliphatic hydroxyl groups is 1. The SMILES string of the molecule is CCOc1ccc([C@H]2/C(=C(\O)c3ccc(Cl)cc3)C(=O)C(=O)N2c2nc3c(C)cc(C)cc3s2)cc1. The Bertz CT molecular complexity index is 1520. The van der Waals surface area contributed by atoms with Crippen molar-refractivity contribution in [2.24, 2.45) is 0 Å². The van der Waals surface area contributed by atoms with Gasteiger partial charge in [0.15, 0.2) is 5.13 Å². The maximum absolute atomic E-state index is 13.4. The van der Waals surface area contributed by atoms with Crippen LogP contribution in [0.2, 0.25) is 5.02 Å². The van der Waals surface area contributed by atoms with Crippen LogP contribution in [0.3, 0.4) is 0 Å². The van der Waals surface area contributed by atoms with E-state index >= 15 is 0 Å². The maximum atomic E-state index is 13.4. The zero-order valence-corrected chi connectivity index (χ0v) is 21.5. The lowest BCUT2D eigenvalue weighted by Gasteiger charge is -2.23. The van der Waals surface area contributed by atoms with Crippen molar-refractivity contribution in [1.29, 1.82) is 0 Å². The lowest BCUT2D eigenvalue weighted by atomic mass is 9.95. The Labute approximate surface area is 217 Å². The molecule has 1 aliphatic rings. The van der Waals surface area contributed by atoms with E-state index < -0.39 is 17.7 Å². The number of ketones is 1. The number of halogens is 1. The Hall–Kier alpha value is -3.68. The molecule has 0 spiro atoms. The Morgan fingerprint density at radius 1 is 1.08 bits per heavy atom. The van der Waals surface area contributed by atoms with Crippen molar-refractivity contribution >= 4 is 55.7 Å². The molecule has 0 unspecified atom stereocenters. The van der Waals surface area contributed by atoms with Gasteiger partial charge in [-0.25, -0.2) is 4.98 Å². The van der Waals surface area contributed by atoms with Gasteiger partial charge in [-0.2, -0.15) is 0 Å². The minimum absolute atomic E-state index is 0.00126. The fraction of sp³-hybridized carbons (Fsp3) is 0.179. The number of aromatic nitrogens is 1. The Kier molecular flexibility index (Phi) is 6.28. The molecule has 1 amide bonds. The molecule has 0 aliphatic carbocycles. The fourth-order valence-corrected chi connectivity index (χ4v) is 5.78. The molecule has 2 heterocycles. The second-order valence-electron chi connectivity index (χ2n) is 8.60. The topological polar surface area (TPSA) is 79.7 Å². The molecule has 0 saturated carbocycles. The third-order valence-electron chi connectivity index (χ3n) is 6.09. The number of thiazole rings is 1. The third kappa shape index (κ3) is 4.14. The van der Waals surface area contributed by atoms with E-state index in [9.17, 15) is 14.7 Å². The predicted molar refractivity (Wildman–Crippen MR) is 143 cm³/mol. The third-order valence-corrected chi connectivity index (χ3v) is 7.35. The number of aliphatic hydroxyl groups excluding tert-OH is 1. The van der Waals surface area contributed by atoms with E-state index in [4.69, 9.17) is 21.3 Å². The van der Waals surface area contributed by atoms with Crippen LogP contribution in [-0.2, 0) is 9.59 Å². The maximum Gasteiger partial charge on any atom is 0.301 e. The van der Waals surface area contributed by atoms with E-state index in [-0.39, 0.29) is 11.3 Å². The first-order valence-corrected chi connectivity index (χ1v) is 12.7. The van der Waals surface area contributed by atoms with E-state index in [1.54, 1.807) is 48.5 Å². The number of carbonyl (C=O) groups excluding carboxylic acids is 2. The van der Waals surface area contributed by atoms with Crippen LogP contribution in [0.15, 0.2) is 66.2 Å². The summed E-state index contributed by atoms with van der Waals surface area (Å²) in [6, 6.07) is 16.8. The van der Waals surface area contributed by atoms with Crippen LogP contribution in [0.1, 0.15) is 35.2 Å². The van der Waals surface area contributed by atoms with Gasteiger partial charge >= 0.3 is 5.91 Å². The van der Waals surface area contributed by atoms with Crippen LogP contribution in [0.5, 0.6) is 5.75 Å². The molecule has 4 aromatic rings. The average Bonchev–Trinajstić information content (AvgIpc) is 3.38. The first-order chi connectivity index (χ1) is 17.3. The van der Waals surface area contributed by atoms with Gasteiger partial charge in [0.25, 0.3) is 5.78 Å². The number of hydrogen-bond acceptors (Lipinski definition) is 6. The summed E-state index contributed by atoms with van der Waals surface area (Å²) < 4.78 is 6.49. The van der Waals surface area contributed by atoms with E-state index in [0.29, 0.717) is 33.6 Å². The van der Waals surface area contributed by atoms with Gasteiger partial charge in [0.2, 0.25) is 0 Å². The summed E-state index contributed by atoms with van der Waals surface area (Å²) in [5.41, 5.74) is 3.90. The van der Waals surface area contributed by atoms with Crippen LogP contribution < -0.4 is 9.64 Å². The first kappa shape index (κ1) is 24.0. The van der Waals surface area contributed by atoms with Gasteiger partial charge in [0, 0.05) is 10.6 Å². The number of ether oxygens (including phenoxy) is 1. The van der Waals surface area contributed by atoms with Gasteiger partial charge in [-0.3, -0.25) is 14.5 Å². The van der Waals surface area contributed by atoms with Crippen molar-refractivity contribution in [3.8, 4) is 5.75 Å². The molecule has 182 valence electrons. The molecule has 0 radical (unpaired) electrons. The summed E-state index contributed by atoms with van der Waals surface area (Å²) in [6.45, 7) is 6.38. The summed E-state index contributed by atoms with van der Waals surface area (Å²) in [4.78, 5) is 33.0. The first-order valence-electron chi connectivity index (χ1n) is 11.5. The van der Waals surface area contributed by atoms with Crippen molar-refractivity contribution in [2.45, 2.75) is 26.8 Å². The molecule has 36 heavy (non-hydrogen) atoms. The molecule has 1 saturated heterocycles. The van der Waals surface area contributed by atoms with Crippen LogP contribution in [0.25, 0.3) is 16.0 Å². The van der Waals surface area contributed by atoms with E-state index in [0.717, 1.165) is 21.3 Å². The summed E-state index contributed by atoms with van der Waals surface area (Å²) in [5, 5.41) is 12.1. The second-order valence-corrected chi connectivity index (χ2v) is 10.0. The molecule has 5 rings (SSSR count). The summed E-state index contributed by atoms with van der Waals surface area (Å²) in [6.07, 6.45) is 0. The van der Waals surface area contributed by atoms with Crippen LogP contribution in [0, 0.1) is 13.8 Å². The van der Waals surface area contributed by atoms with Gasteiger partial charge in [0.05, 0.1) is 28.4 Å². The molecular weight excluding hydrogens is 496 g/mol. The molecule has 0 bridgehead atoms. The normalized spacial score (nSPS) is 17.2. The highest BCUT2D eigenvalue weighted by molar-refractivity contribution is 7.22. The minimum Gasteiger partial charge on any atom is -0.507 e. The molecule has 3 aromatic carbocycles. The van der Waals surface area contributed by atoms with Gasteiger partial charge in [-0.05, 0) is 79.9 Å². The van der Waals surface area contributed by atoms with Crippen LogP contribution in [-0.4, -0.2) is 28.4 Å². The number of anilines is 1. The predicted octanol–water partition coefficient (Wildman–Crippen LogP) is 6.59. The van der Waals surface area contributed by atoms with Gasteiger partial charge in [-0.1, -0.05) is 41.1 Å². The van der Waals surface area contributed by atoms with Crippen molar-refractivity contribution in [3.05, 3.63) is 93.5 Å².